The van der Waals surface area contributed by atoms with Crippen molar-refractivity contribution >= 4 is 17.2 Å². The number of nitrogens with one attached hydrogen (secondary N) is 1. The summed E-state index contributed by atoms with van der Waals surface area (Å²) in [7, 11) is 0. The topological polar surface area (TPSA) is 89.9 Å². The highest BCUT2D eigenvalue weighted by molar-refractivity contribution is 5.75. The van der Waals surface area contributed by atoms with Crippen LogP contribution in [0.5, 0.6) is 0 Å². The number of benzene rings is 1. The number of fused-ring (bicyclic) bond motifs is 1. The van der Waals surface area contributed by atoms with E-state index in [1.807, 2.05) is 37.3 Å². The van der Waals surface area contributed by atoms with E-state index in [0.717, 1.165) is 11.3 Å². The van der Waals surface area contributed by atoms with Crippen molar-refractivity contribution in [3.63, 3.8) is 0 Å². The van der Waals surface area contributed by atoms with Crippen molar-refractivity contribution < 1.29 is 4.42 Å². The Balaban J connectivity index is 2.20. The summed E-state index contributed by atoms with van der Waals surface area (Å²) in [6.45, 7) is 1.84. The molecule has 0 fully saturated rings. The lowest BCUT2D eigenvalue weighted by Gasteiger charge is -1.97. The molecule has 90 valence electrons. The summed E-state index contributed by atoms with van der Waals surface area (Å²) in [5.41, 5.74) is 5.09. The van der Waals surface area contributed by atoms with Crippen LogP contribution in [-0.4, -0.2) is 15.0 Å². The van der Waals surface area contributed by atoms with E-state index in [0.29, 0.717) is 23.1 Å². The maximum Gasteiger partial charge on any atom is 0.252 e. The number of rotatable bonds is 2. The van der Waals surface area contributed by atoms with Gasteiger partial charge in [0.05, 0.1) is 5.69 Å². The molecular weight excluding hydrogens is 230 g/mol. The highest BCUT2D eigenvalue weighted by Crippen LogP contribution is 2.24. The van der Waals surface area contributed by atoms with Gasteiger partial charge in [-0.1, -0.05) is 18.2 Å². The normalized spacial score (nSPS) is 10.8. The van der Waals surface area contributed by atoms with Gasteiger partial charge in [-0.3, -0.25) is 5.43 Å². The zero-order valence-corrected chi connectivity index (χ0v) is 9.71. The maximum absolute atomic E-state index is 5.62. The second-order valence-electron chi connectivity index (χ2n) is 3.82. The van der Waals surface area contributed by atoms with Gasteiger partial charge in [0, 0.05) is 5.56 Å². The number of anilines is 1. The first kappa shape index (κ1) is 10.7. The number of nitrogens with two attached hydrogens (primary N) is 1. The highest BCUT2D eigenvalue weighted by atomic mass is 16.4. The van der Waals surface area contributed by atoms with E-state index in [2.05, 4.69) is 20.4 Å². The Labute approximate surface area is 103 Å². The predicted octanol–water partition coefficient (Wildman–Crippen LogP) is 1.88. The molecule has 0 aliphatic carbocycles. The standard InChI is InChI=1S/C12H11N5O/c1-7-9-11(16-12(14-7)17-13)18-10(15-9)8-5-3-2-4-6-8/h2-6H,13H2,1H3,(H,14,16,17). The van der Waals surface area contributed by atoms with Crippen molar-refractivity contribution in [1.29, 1.82) is 0 Å². The third-order valence-corrected chi connectivity index (χ3v) is 2.58. The van der Waals surface area contributed by atoms with Crippen molar-refractivity contribution in [2.75, 3.05) is 5.43 Å². The molecule has 0 saturated carbocycles. The molecule has 3 rings (SSSR count). The third-order valence-electron chi connectivity index (χ3n) is 2.58. The quantitative estimate of drug-likeness (QED) is 0.526. The smallest absolute Gasteiger partial charge is 0.252 e. The molecule has 0 bridgehead atoms. The number of hydrogen-bond acceptors (Lipinski definition) is 6. The van der Waals surface area contributed by atoms with Gasteiger partial charge in [0.1, 0.15) is 0 Å². The number of hydrazine groups is 1. The molecule has 0 atom stereocenters. The molecule has 0 radical (unpaired) electrons. The van der Waals surface area contributed by atoms with Crippen molar-refractivity contribution in [3.05, 3.63) is 36.0 Å². The predicted molar refractivity (Wildman–Crippen MR) is 67.6 cm³/mol. The zero-order chi connectivity index (χ0) is 12.5. The monoisotopic (exact) mass is 241 g/mol. The number of nitrogens with zero attached hydrogens (tertiary/aromatic N) is 3. The molecule has 3 aromatic rings. The van der Waals surface area contributed by atoms with Crippen LogP contribution in [-0.2, 0) is 0 Å². The van der Waals surface area contributed by atoms with Gasteiger partial charge in [-0.2, -0.15) is 4.98 Å². The minimum absolute atomic E-state index is 0.316. The van der Waals surface area contributed by atoms with Gasteiger partial charge in [-0.15, -0.1) is 0 Å². The lowest BCUT2D eigenvalue weighted by atomic mass is 10.2. The van der Waals surface area contributed by atoms with Crippen molar-refractivity contribution in [1.82, 2.24) is 15.0 Å². The Bertz CT molecular complexity index is 692. The van der Waals surface area contributed by atoms with E-state index < -0.39 is 0 Å². The molecule has 0 saturated heterocycles. The van der Waals surface area contributed by atoms with Crippen LogP contribution in [0.15, 0.2) is 34.7 Å². The van der Waals surface area contributed by atoms with E-state index in [1.165, 1.54) is 0 Å². The Morgan fingerprint density at radius 2 is 1.89 bits per heavy atom. The molecule has 2 aromatic heterocycles. The van der Waals surface area contributed by atoms with Crippen LogP contribution in [0.25, 0.3) is 22.7 Å². The highest BCUT2D eigenvalue weighted by Gasteiger charge is 2.13. The second kappa shape index (κ2) is 4.08. The largest absolute Gasteiger partial charge is 0.417 e. The molecule has 0 aliphatic rings. The molecule has 2 heterocycles. The number of nitrogen functional groups attached to an aromatic ring is 1. The van der Waals surface area contributed by atoms with E-state index in [4.69, 9.17) is 10.3 Å². The minimum atomic E-state index is 0.316. The van der Waals surface area contributed by atoms with Gasteiger partial charge >= 0.3 is 0 Å². The van der Waals surface area contributed by atoms with Crippen LogP contribution in [0.4, 0.5) is 5.95 Å². The first-order valence-electron chi connectivity index (χ1n) is 5.45. The second-order valence-corrected chi connectivity index (χ2v) is 3.82. The van der Waals surface area contributed by atoms with E-state index >= 15 is 0 Å². The number of aromatic nitrogens is 3. The average Bonchev–Trinajstić information content (AvgIpc) is 2.84. The van der Waals surface area contributed by atoms with Gasteiger partial charge in [-0.25, -0.2) is 15.8 Å². The summed E-state index contributed by atoms with van der Waals surface area (Å²) in [6.07, 6.45) is 0. The lowest BCUT2D eigenvalue weighted by molar-refractivity contribution is 0.607. The fourth-order valence-corrected chi connectivity index (χ4v) is 1.73. The number of aryl methyl sites for hydroxylation is 1. The van der Waals surface area contributed by atoms with E-state index in [9.17, 15) is 0 Å². The fraction of sp³-hybridized carbons (Fsp3) is 0.0833. The Hall–Kier alpha value is -2.47. The Kier molecular flexibility index (Phi) is 2.42. The van der Waals surface area contributed by atoms with Crippen molar-refractivity contribution in [2.24, 2.45) is 5.84 Å². The van der Waals surface area contributed by atoms with Gasteiger partial charge < -0.3 is 4.42 Å². The molecule has 0 amide bonds. The van der Waals surface area contributed by atoms with Gasteiger partial charge in [0.2, 0.25) is 11.8 Å². The van der Waals surface area contributed by atoms with Crippen LogP contribution < -0.4 is 11.3 Å². The molecule has 6 heteroatoms. The summed E-state index contributed by atoms with van der Waals surface area (Å²) < 4.78 is 5.62. The van der Waals surface area contributed by atoms with Gasteiger partial charge in [0.15, 0.2) is 5.52 Å². The molecule has 18 heavy (non-hydrogen) atoms. The lowest BCUT2D eigenvalue weighted by Crippen LogP contribution is -2.10. The van der Waals surface area contributed by atoms with Crippen LogP contribution in [0, 0.1) is 6.92 Å². The third kappa shape index (κ3) is 1.68. The van der Waals surface area contributed by atoms with Crippen LogP contribution in [0.3, 0.4) is 0 Å². The van der Waals surface area contributed by atoms with Gasteiger partial charge in [0.25, 0.3) is 5.71 Å². The first-order valence-corrected chi connectivity index (χ1v) is 5.45. The SMILES string of the molecule is Cc1nc(NN)nc2oc(-c3ccccc3)nc12. The van der Waals surface area contributed by atoms with E-state index in [-0.39, 0.29) is 0 Å². The van der Waals surface area contributed by atoms with E-state index in [1.54, 1.807) is 0 Å². The van der Waals surface area contributed by atoms with Crippen LogP contribution in [0.1, 0.15) is 5.69 Å². The van der Waals surface area contributed by atoms with Crippen molar-refractivity contribution in [2.45, 2.75) is 6.92 Å². The fourth-order valence-electron chi connectivity index (χ4n) is 1.73. The number of oxazole rings is 1. The maximum atomic E-state index is 5.62. The van der Waals surface area contributed by atoms with Crippen molar-refractivity contribution in [3.8, 4) is 11.5 Å². The molecule has 1 aromatic carbocycles. The molecule has 0 unspecified atom stereocenters. The zero-order valence-electron chi connectivity index (χ0n) is 9.71. The molecule has 0 spiro atoms. The van der Waals surface area contributed by atoms with Crippen LogP contribution in [0.2, 0.25) is 0 Å². The Morgan fingerprint density at radius 3 is 2.61 bits per heavy atom. The number of hydrogen-bond donors (Lipinski definition) is 2. The van der Waals surface area contributed by atoms with Crippen LogP contribution >= 0.6 is 0 Å². The molecular formula is C12H11N5O. The molecule has 3 N–H and O–H groups in total. The first-order chi connectivity index (χ1) is 8.78. The van der Waals surface area contributed by atoms with Gasteiger partial charge in [-0.05, 0) is 19.1 Å². The summed E-state index contributed by atoms with van der Waals surface area (Å²) >= 11 is 0. The molecule has 0 aliphatic heterocycles. The summed E-state index contributed by atoms with van der Waals surface area (Å²) in [4.78, 5) is 12.7. The average molecular weight is 241 g/mol. The summed E-state index contributed by atoms with van der Waals surface area (Å²) in [5.74, 6) is 6.13. The summed E-state index contributed by atoms with van der Waals surface area (Å²) in [6, 6.07) is 9.64. The Morgan fingerprint density at radius 1 is 1.11 bits per heavy atom. The molecule has 6 nitrogen and oxygen atoms in total. The minimum Gasteiger partial charge on any atom is -0.417 e. The summed E-state index contributed by atoms with van der Waals surface area (Å²) in [5, 5.41) is 0.